The molecule has 4 fully saturated rings. The van der Waals surface area contributed by atoms with Gasteiger partial charge in [0.15, 0.2) is 5.78 Å². The number of hydrogen-bond donors (Lipinski definition) is 2. The lowest BCUT2D eigenvalue weighted by atomic mass is 9.70. The van der Waals surface area contributed by atoms with Gasteiger partial charge in [0, 0.05) is 43.9 Å². The molecule has 1 amide bonds. The van der Waals surface area contributed by atoms with Crippen LogP contribution >= 0.6 is 0 Å². The molecule has 0 aromatic carbocycles. The lowest BCUT2D eigenvalue weighted by molar-refractivity contribution is -0.188. The summed E-state index contributed by atoms with van der Waals surface area (Å²) < 4.78 is 12.0. The van der Waals surface area contributed by atoms with E-state index in [1.165, 1.54) is 19.3 Å². The molecule has 0 radical (unpaired) electrons. The third-order valence-electron chi connectivity index (χ3n) is 8.92. The largest absolute Gasteiger partial charge is 0.369 e. The Morgan fingerprint density at radius 3 is 2.78 bits per heavy atom. The molecule has 3 aliphatic heterocycles. The molecular weight excluding hydrogens is 458 g/mol. The number of amides is 1. The Morgan fingerprint density at radius 2 is 1.97 bits per heavy atom. The molecule has 9 heteroatoms. The average molecular weight is 498 g/mol. The number of fused-ring (bicyclic) bond motifs is 2. The molecule has 9 nitrogen and oxygen atoms in total. The fraction of sp³-hybridized carbons (Fsp3) is 0.741. The minimum Gasteiger partial charge on any atom is -0.369 e. The summed E-state index contributed by atoms with van der Waals surface area (Å²) in [4.78, 5) is 31.6. The third kappa shape index (κ3) is 4.61. The highest BCUT2D eigenvalue weighted by atomic mass is 16.5. The molecule has 1 aromatic rings. The Labute approximate surface area is 212 Å². The summed E-state index contributed by atoms with van der Waals surface area (Å²) in [5, 5.41) is 10.8. The van der Waals surface area contributed by atoms with Gasteiger partial charge in [-0.15, -0.1) is 0 Å². The van der Waals surface area contributed by atoms with Crippen LogP contribution < -0.4 is 10.6 Å². The Kier molecular flexibility index (Phi) is 6.88. The van der Waals surface area contributed by atoms with Crippen molar-refractivity contribution in [1.29, 1.82) is 0 Å². The number of nitrogens with zero attached hydrogens (tertiary/aromatic N) is 3. The summed E-state index contributed by atoms with van der Waals surface area (Å²) in [5.74, 6) is 0.377. The van der Waals surface area contributed by atoms with E-state index in [1.807, 2.05) is 19.2 Å². The fourth-order valence-corrected chi connectivity index (χ4v) is 7.15. The fourth-order valence-electron chi connectivity index (χ4n) is 7.15. The van der Waals surface area contributed by atoms with Crippen LogP contribution in [0.1, 0.15) is 62.8 Å². The number of aryl methyl sites for hydroxylation is 1. The minimum absolute atomic E-state index is 0.0108. The van der Waals surface area contributed by atoms with Gasteiger partial charge in [-0.1, -0.05) is 18.0 Å². The van der Waals surface area contributed by atoms with Crippen molar-refractivity contribution in [2.45, 2.75) is 95.2 Å². The highest BCUT2D eigenvalue weighted by molar-refractivity contribution is 6.20. The lowest BCUT2D eigenvalue weighted by Crippen LogP contribution is -2.70. The molecule has 4 heterocycles. The number of morpholine rings is 1. The normalized spacial score (nSPS) is 34.2. The maximum atomic E-state index is 13.6. The first-order valence-corrected chi connectivity index (χ1v) is 13.9. The highest BCUT2D eigenvalue weighted by Gasteiger charge is 2.55. The average Bonchev–Trinajstić information content (AvgIpc) is 3.56. The van der Waals surface area contributed by atoms with Crippen LogP contribution in [0.25, 0.3) is 0 Å². The molecule has 1 aromatic heterocycles. The quantitative estimate of drug-likeness (QED) is 0.551. The number of ether oxygens (including phenoxy) is 1. The van der Waals surface area contributed by atoms with E-state index in [0.717, 1.165) is 63.2 Å². The predicted molar refractivity (Wildman–Crippen MR) is 133 cm³/mol. The number of carbonyl (C=O) groups is 2. The molecule has 36 heavy (non-hydrogen) atoms. The van der Waals surface area contributed by atoms with Gasteiger partial charge in [0.2, 0.25) is 0 Å². The van der Waals surface area contributed by atoms with E-state index in [2.05, 4.69) is 25.6 Å². The van der Waals surface area contributed by atoms with Gasteiger partial charge in [-0.05, 0) is 58.5 Å². The van der Waals surface area contributed by atoms with Crippen molar-refractivity contribution < 1.29 is 18.8 Å². The molecule has 6 rings (SSSR count). The second kappa shape index (κ2) is 10.3. The Hall–Kier alpha value is -2.23. The molecule has 2 saturated heterocycles. The van der Waals surface area contributed by atoms with Crippen LogP contribution in [0.2, 0.25) is 0 Å². The number of hydrogen-bond acceptors (Lipinski definition) is 8. The van der Waals surface area contributed by atoms with Gasteiger partial charge in [0.05, 0.1) is 35.6 Å². The van der Waals surface area contributed by atoms with Crippen molar-refractivity contribution >= 4 is 11.7 Å². The number of ketones is 1. The molecule has 6 unspecified atom stereocenters. The van der Waals surface area contributed by atoms with E-state index in [9.17, 15) is 9.59 Å². The monoisotopic (exact) mass is 497 g/mol. The summed E-state index contributed by atoms with van der Waals surface area (Å²) in [5.41, 5.74) is 1.22. The SMILES string of the molecule is Cc1cc(CNC2CCC3C(=O)C(C(=O)NCCN4CCCC4)=CN4C5CCCCC5OC2C34)no1. The maximum Gasteiger partial charge on any atom is 0.256 e. The van der Waals surface area contributed by atoms with Gasteiger partial charge < -0.3 is 29.7 Å². The molecule has 6 atom stereocenters. The van der Waals surface area contributed by atoms with Gasteiger partial charge in [0.25, 0.3) is 5.91 Å². The van der Waals surface area contributed by atoms with E-state index in [0.29, 0.717) is 18.7 Å². The Morgan fingerprint density at radius 1 is 1.14 bits per heavy atom. The molecular formula is C27H39N5O4. The summed E-state index contributed by atoms with van der Waals surface area (Å²) in [6.07, 6.45) is 10.4. The number of likely N-dealkylation sites (tertiary alicyclic amines) is 1. The second-order valence-corrected chi connectivity index (χ2v) is 11.2. The van der Waals surface area contributed by atoms with Gasteiger partial charge >= 0.3 is 0 Å². The maximum absolute atomic E-state index is 13.6. The van der Waals surface area contributed by atoms with Crippen LogP contribution in [0, 0.1) is 12.8 Å². The first-order chi connectivity index (χ1) is 17.6. The van der Waals surface area contributed by atoms with Crippen LogP contribution in [0.15, 0.2) is 22.4 Å². The zero-order valence-corrected chi connectivity index (χ0v) is 21.3. The van der Waals surface area contributed by atoms with Crippen LogP contribution in [-0.4, -0.2) is 83.2 Å². The molecule has 5 aliphatic rings. The zero-order chi connectivity index (χ0) is 24.6. The number of rotatable bonds is 7. The minimum atomic E-state index is -0.213. The molecule has 0 bridgehead atoms. The number of Topliss-reactive ketones (excluding diaryl/α,β-unsaturated/α-hetero) is 1. The number of aromatic nitrogens is 1. The highest BCUT2D eigenvalue weighted by Crippen LogP contribution is 2.44. The topological polar surface area (TPSA) is 99.9 Å². The van der Waals surface area contributed by atoms with Crippen LogP contribution in [0.3, 0.4) is 0 Å². The first-order valence-electron chi connectivity index (χ1n) is 13.9. The van der Waals surface area contributed by atoms with Crippen LogP contribution in [-0.2, 0) is 20.9 Å². The van der Waals surface area contributed by atoms with E-state index in [-0.39, 0.29) is 47.9 Å². The van der Waals surface area contributed by atoms with Crippen molar-refractivity contribution in [2.75, 3.05) is 26.2 Å². The smallest absolute Gasteiger partial charge is 0.256 e. The van der Waals surface area contributed by atoms with Crippen LogP contribution in [0.5, 0.6) is 0 Å². The molecule has 2 saturated carbocycles. The Balaban J connectivity index is 1.20. The lowest BCUT2D eigenvalue weighted by Gasteiger charge is -2.58. The van der Waals surface area contributed by atoms with E-state index >= 15 is 0 Å². The second-order valence-electron chi connectivity index (χ2n) is 11.2. The molecule has 2 aliphatic carbocycles. The van der Waals surface area contributed by atoms with Gasteiger partial charge in [-0.25, -0.2) is 0 Å². The van der Waals surface area contributed by atoms with Gasteiger partial charge in [-0.3, -0.25) is 9.59 Å². The standard InChI is InChI=1S/C27H39N5O4/c1-17-14-18(30-36-17)15-29-21-9-8-19-24-26(21)35-23-7-3-2-6-22(23)32(24)16-20(25(19)33)27(34)28-10-13-31-11-4-5-12-31/h14,16,19,21-24,26,29H,2-13,15H2,1H3,(H,28,34). The van der Waals surface area contributed by atoms with Crippen LogP contribution in [0.4, 0.5) is 0 Å². The number of nitrogens with one attached hydrogen (secondary N) is 2. The van der Waals surface area contributed by atoms with Crippen molar-refractivity contribution in [3.05, 3.63) is 29.3 Å². The van der Waals surface area contributed by atoms with Crippen molar-refractivity contribution in [2.24, 2.45) is 5.92 Å². The van der Waals surface area contributed by atoms with Gasteiger partial charge in [-0.2, -0.15) is 0 Å². The van der Waals surface area contributed by atoms with Crippen molar-refractivity contribution in [1.82, 2.24) is 25.6 Å². The van der Waals surface area contributed by atoms with E-state index in [4.69, 9.17) is 9.26 Å². The Bertz CT molecular complexity index is 1000. The van der Waals surface area contributed by atoms with Gasteiger partial charge in [0.1, 0.15) is 5.76 Å². The molecule has 2 N–H and O–H groups in total. The molecule has 0 spiro atoms. The van der Waals surface area contributed by atoms with E-state index in [1.54, 1.807) is 0 Å². The summed E-state index contributed by atoms with van der Waals surface area (Å²) in [6, 6.07) is 2.29. The third-order valence-corrected chi connectivity index (χ3v) is 8.92. The zero-order valence-electron chi connectivity index (χ0n) is 21.3. The van der Waals surface area contributed by atoms with E-state index < -0.39 is 0 Å². The van der Waals surface area contributed by atoms with Crippen molar-refractivity contribution in [3.8, 4) is 0 Å². The van der Waals surface area contributed by atoms with Crippen molar-refractivity contribution in [3.63, 3.8) is 0 Å². The summed E-state index contributed by atoms with van der Waals surface area (Å²) in [7, 11) is 0. The number of carbonyl (C=O) groups excluding carboxylic acids is 2. The molecule has 196 valence electrons. The first kappa shape index (κ1) is 24.1. The summed E-state index contributed by atoms with van der Waals surface area (Å²) in [6.45, 7) is 6.15. The predicted octanol–water partition coefficient (Wildman–Crippen LogP) is 1.91. The summed E-state index contributed by atoms with van der Waals surface area (Å²) >= 11 is 0.